The summed E-state index contributed by atoms with van der Waals surface area (Å²) in [5, 5.41) is 2.91. The number of hydrogen-bond donors (Lipinski definition) is 1. The molecule has 4 unspecified atom stereocenters. The number of benzene rings is 1. The van der Waals surface area contributed by atoms with Crippen molar-refractivity contribution in [3.63, 3.8) is 0 Å². The first-order valence-corrected chi connectivity index (χ1v) is 20.4. The van der Waals surface area contributed by atoms with Crippen molar-refractivity contribution in [2.75, 3.05) is 13.1 Å². The van der Waals surface area contributed by atoms with Gasteiger partial charge in [0.2, 0.25) is 12.5 Å². The predicted octanol–water partition coefficient (Wildman–Crippen LogP) is 13.1. The van der Waals surface area contributed by atoms with Crippen LogP contribution >= 0.6 is 0 Å². The Morgan fingerprint density at radius 1 is 0.885 bits per heavy atom. The molecule has 0 aliphatic heterocycles. The summed E-state index contributed by atoms with van der Waals surface area (Å²) < 4.78 is 0. The van der Waals surface area contributed by atoms with Crippen molar-refractivity contribution in [3.8, 4) is 0 Å². The van der Waals surface area contributed by atoms with Gasteiger partial charge in [-0.2, -0.15) is 12.8 Å². The largest absolute Gasteiger partial charge is 2.00 e. The van der Waals surface area contributed by atoms with Gasteiger partial charge in [-0.25, -0.2) is 6.57 Å². The van der Waals surface area contributed by atoms with Gasteiger partial charge in [0.1, 0.15) is 5.78 Å². The number of rotatable bonds is 28. The third-order valence-electron chi connectivity index (χ3n) is 10.1. The van der Waals surface area contributed by atoms with Crippen LogP contribution in [0.1, 0.15) is 157 Å². The molecule has 292 valence electrons. The quantitative estimate of drug-likeness (QED) is 0.0517. The van der Waals surface area contributed by atoms with Gasteiger partial charge in [-0.1, -0.05) is 116 Å². The van der Waals surface area contributed by atoms with Gasteiger partial charge in [0.15, 0.2) is 0 Å². The van der Waals surface area contributed by atoms with Crippen molar-refractivity contribution < 1.29 is 40.7 Å². The monoisotopic (exact) mass is 941 g/mol. The molecule has 1 amide bonds. The molecule has 4 atom stereocenters. The van der Waals surface area contributed by atoms with E-state index in [2.05, 4.69) is 114 Å². The molecule has 4 nitrogen and oxygen atoms in total. The van der Waals surface area contributed by atoms with Gasteiger partial charge in [-0.15, -0.1) is 13.0 Å². The zero-order valence-electron chi connectivity index (χ0n) is 34.8. The topological polar surface area (TPSA) is 50.5 Å². The molecule has 0 fully saturated rings. The van der Waals surface area contributed by atoms with E-state index in [9.17, 15) is 9.59 Å². The number of Topliss-reactive ketones (excluding diaryl/α,β-unsaturated/α-hetero) is 1. The van der Waals surface area contributed by atoms with Crippen molar-refractivity contribution in [3.05, 3.63) is 85.5 Å². The maximum atomic E-state index is 11.5. The summed E-state index contributed by atoms with van der Waals surface area (Å²) in [7, 11) is 0. The molecule has 0 spiro atoms. The number of nitrogens with one attached hydrogen (secondary N) is 1. The fourth-order valence-corrected chi connectivity index (χ4v) is 6.28. The van der Waals surface area contributed by atoms with E-state index < -0.39 is 0 Å². The Kier molecular flexibility index (Phi) is 34.2. The van der Waals surface area contributed by atoms with Gasteiger partial charge in [0.25, 0.3) is 0 Å². The Hall–Kier alpha value is -1.62. The summed E-state index contributed by atoms with van der Waals surface area (Å²) in [6, 6.07) is 11.0. The zero-order chi connectivity index (χ0) is 38.4. The summed E-state index contributed by atoms with van der Waals surface area (Å²) in [5.74, 6) is 4.82. The van der Waals surface area contributed by atoms with Crippen LogP contribution in [0, 0.1) is 92.5 Å². The van der Waals surface area contributed by atoms with Crippen LogP contribution in [0.5, 0.6) is 0 Å². The number of amides is 1. The number of carbonyl (C=O) groups is 2. The minimum absolute atomic E-state index is 0. The first-order valence-electron chi connectivity index (χ1n) is 20.4. The maximum Gasteiger partial charge on any atom is 2.00 e. The predicted molar refractivity (Wildman–Crippen MR) is 222 cm³/mol. The first-order chi connectivity index (χ1) is 24.3. The van der Waals surface area contributed by atoms with Crippen molar-refractivity contribution in [1.29, 1.82) is 0 Å². The van der Waals surface area contributed by atoms with Gasteiger partial charge in [0, 0.05) is 18.4 Å². The van der Waals surface area contributed by atoms with Gasteiger partial charge in [0.05, 0.1) is 0 Å². The van der Waals surface area contributed by atoms with Gasteiger partial charge < -0.3 is 28.3 Å². The molecular formula is C47H78N2O2U. The van der Waals surface area contributed by atoms with Crippen LogP contribution in [0.3, 0.4) is 0 Å². The van der Waals surface area contributed by atoms with E-state index in [4.69, 9.17) is 6.57 Å². The molecule has 0 saturated heterocycles. The SMILES string of the molecule is CC(C)CCCNC(=O)CC[CH-]CC(=O)C(C)C.[C-]#[N+]CC(CCC(C=C)CCC(C/C=C/CC(C)C)c1ccccc1)CCC(C[CH2-])C(C)C.[U+2]. The van der Waals surface area contributed by atoms with Gasteiger partial charge in [-0.05, 0) is 99.4 Å². The Morgan fingerprint density at radius 2 is 1.52 bits per heavy atom. The minimum atomic E-state index is 0. The van der Waals surface area contributed by atoms with Gasteiger partial charge >= 0.3 is 31.1 Å². The number of unbranched alkanes of at least 4 members (excludes halogenated alkanes) is 1. The number of hydrogen-bond acceptors (Lipinski definition) is 2. The van der Waals surface area contributed by atoms with Gasteiger partial charge in [-0.3, -0.25) is 4.79 Å². The standard InChI is InChI=1S/C32H50N.C15H28NO2.U/c1-8-28(19-20-29(25-33-7)22-23-30(9-2)27(5)6)21-24-32(18-14-13-15-26(3)4)31-16-11-10-12-17-31;1-12(2)8-7-11-16-15(18)10-6-5-9-14(17)13(3)4;/h8,10-14,16-17,26-30,32H,1-2,9,15,18-25H2,3-6H3;5,12-13H,6-11H2,1-4H3,(H,16,18);/q2*-1;+2/b14-13+;;. The average Bonchev–Trinajstić information content (AvgIpc) is 3.09. The van der Waals surface area contributed by atoms with E-state index in [1.54, 1.807) is 0 Å². The van der Waals surface area contributed by atoms with Crippen molar-refractivity contribution in [2.24, 2.45) is 41.4 Å². The van der Waals surface area contributed by atoms with Crippen molar-refractivity contribution in [2.45, 2.75) is 151 Å². The molecule has 5 heteroatoms. The fourth-order valence-electron chi connectivity index (χ4n) is 6.28. The molecule has 0 aliphatic rings. The van der Waals surface area contributed by atoms with Crippen molar-refractivity contribution >= 4 is 11.7 Å². The number of nitrogens with zero attached hydrogens (tertiary/aromatic N) is 1. The summed E-state index contributed by atoms with van der Waals surface area (Å²) in [6.07, 6.45) is 23.0. The number of ketones is 1. The molecule has 0 saturated carbocycles. The molecule has 0 heterocycles. The number of allylic oxidation sites excluding steroid dienone is 3. The molecule has 0 bridgehead atoms. The first kappa shape index (κ1) is 52.5. The third kappa shape index (κ3) is 28.8. The second kappa shape index (κ2) is 33.9. The van der Waals surface area contributed by atoms with E-state index in [1.165, 1.54) is 24.8 Å². The Balaban J connectivity index is 0. The molecule has 52 heavy (non-hydrogen) atoms. The molecule has 1 rings (SSSR count). The zero-order valence-corrected chi connectivity index (χ0v) is 39.0. The molecular weight excluding hydrogens is 863 g/mol. The van der Waals surface area contributed by atoms with E-state index in [0.717, 1.165) is 63.8 Å². The van der Waals surface area contributed by atoms with Crippen molar-refractivity contribution in [1.82, 2.24) is 5.32 Å². The van der Waals surface area contributed by atoms with E-state index in [1.807, 2.05) is 20.3 Å². The minimum Gasteiger partial charge on any atom is -0.356 e. The summed E-state index contributed by atoms with van der Waals surface area (Å²) in [5.41, 5.74) is 1.45. The van der Waals surface area contributed by atoms with Crippen LogP contribution in [0.25, 0.3) is 4.85 Å². The van der Waals surface area contributed by atoms with Crippen LogP contribution in [0.4, 0.5) is 0 Å². The fraction of sp³-hybridized carbons (Fsp3) is 0.681. The smallest absolute Gasteiger partial charge is 0.356 e. The number of carbonyl (C=O) groups excluding carboxylic acids is 2. The second-order valence-electron chi connectivity index (χ2n) is 16.2. The molecule has 0 aliphatic carbocycles. The average molecular weight is 941 g/mol. The Labute approximate surface area is 346 Å². The summed E-state index contributed by atoms with van der Waals surface area (Å²) >= 11 is 0. The Bertz CT molecular complexity index is 1090. The Morgan fingerprint density at radius 3 is 2.08 bits per heavy atom. The molecule has 0 aromatic heterocycles. The van der Waals surface area contributed by atoms with Crippen LogP contribution in [0.2, 0.25) is 0 Å². The molecule has 0 radical (unpaired) electrons. The molecule has 1 aromatic rings. The maximum absolute atomic E-state index is 11.5. The van der Waals surface area contributed by atoms with Crippen LogP contribution in [-0.2, 0) is 9.59 Å². The van der Waals surface area contributed by atoms with E-state index in [-0.39, 0.29) is 48.7 Å². The van der Waals surface area contributed by atoms with Crippen LogP contribution < -0.4 is 5.32 Å². The normalized spacial score (nSPS) is 13.6. The summed E-state index contributed by atoms with van der Waals surface area (Å²) in [6.45, 7) is 34.5. The van der Waals surface area contributed by atoms with E-state index in [0.29, 0.717) is 61.3 Å². The third-order valence-corrected chi connectivity index (χ3v) is 10.1. The van der Waals surface area contributed by atoms with E-state index >= 15 is 0 Å². The molecule has 1 N–H and O–H groups in total. The van der Waals surface area contributed by atoms with Crippen LogP contribution in [0.15, 0.2) is 55.1 Å². The molecule has 1 aromatic carbocycles. The van der Waals surface area contributed by atoms with Crippen LogP contribution in [-0.4, -0.2) is 24.8 Å². The second-order valence-corrected chi connectivity index (χ2v) is 16.2. The summed E-state index contributed by atoms with van der Waals surface area (Å²) in [4.78, 5) is 26.5.